The van der Waals surface area contributed by atoms with Gasteiger partial charge in [-0.1, -0.05) is 30.3 Å². The first kappa shape index (κ1) is 52.1. The van der Waals surface area contributed by atoms with Crippen LogP contribution < -0.4 is 49.9 Å². The minimum Gasteiger partial charge on any atom is -0.480 e. The van der Waals surface area contributed by atoms with E-state index in [1.165, 1.54) is 14.7 Å². The third kappa shape index (κ3) is 15.9. The predicted molar refractivity (Wildman–Crippen MR) is 244 cm³/mol. The molecule has 3 aliphatic rings. The molecule has 3 saturated heterocycles. The summed E-state index contributed by atoms with van der Waals surface area (Å²) in [5.41, 5.74) is 27.9. The zero-order chi connectivity index (χ0) is 48.2. The van der Waals surface area contributed by atoms with Crippen LogP contribution in [0.5, 0.6) is 0 Å². The fourth-order valence-electron chi connectivity index (χ4n) is 8.52. The third-order valence-electron chi connectivity index (χ3n) is 11.9. The fourth-order valence-corrected chi connectivity index (χ4v) is 8.52. The number of hydrogen-bond donors (Lipinski definition) is 10. The summed E-state index contributed by atoms with van der Waals surface area (Å²) in [6, 6.07) is 2.70. The van der Waals surface area contributed by atoms with Crippen LogP contribution in [0.2, 0.25) is 0 Å². The zero-order valence-corrected chi connectivity index (χ0v) is 37.5. The van der Waals surface area contributed by atoms with E-state index in [1.807, 2.05) is 0 Å². The Bertz CT molecular complexity index is 1910. The van der Waals surface area contributed by atoms with Crippen molar-refractivity contribution in [2.75, 3.05) is 45.8 Å². The van der Waals surface area contributed by atoms with E-state index in [1.54, 1.807) is 30.3 Å². The van der Waals surface area contributed by atoms with Gasteiger partial charge in [0, 0.05) is 45.6 Å². The Hall–Kier alpha value is -6.52. The lowest BCUT2D eigenvalue weighted by molar-refractivity contribution is -0.148. The number of nitrogens with zero attached hydrogens (tertiary/aromatic N) is 5. The molecule has 3 fully saturated rings. The number of aliphatic imine (C=N–C) groups is 2. The number of carboxylic acids is 1. The van der Waals surface area contributed by atoms with Crippen LogP contribution in [0.3, 0.4) is 0 Å². The lowest BCUT2D eigenvalue weighted by Crippen LogP contribution is -2.57. The number of benzene rings is 1. The standard InChI is InChI=1S/C43H68N14O9/c44-19-5-4-18-34(58)52-28(13-6-20-49-42(45)46)39(63)57-24-10-17-33(57)40(64)56-23-9-15-31(56)37(61)51-26-35(59)55-22-8-16-32(55)38(62)54-30(25-27-11-2-1-3-12-27)36(60)53-29(41(65)66)14-7-21-50-43(47)48/h1-3,11-12,28-33H,4-10,13-26,44H2,(H,51,61)(H,52,58)(H,53,60)(H,54,62)(H,65,66)(H4,45,46,49)(H4,47,48,50)/t28-,29-,30-,31-,32-,33-/m0/s1. The summed E-state index contributed by atoms with van der Waals surface area (Å²) in [5, 5.41) is 20.6. The number of carbonyl (C=O) groups excluding carboxylic acids is 7. The predicted octanol–water partition coefficient (Wildman–Crippen LogP) is -2.91. The molecule has 0 aliphatic carbocycles. The van der Waals surface area contributed by atoms with E-state index in [9.17, 15) is 43.5 Å². The smallest absolute Gasteiger partial charge is 0.326 e. The number of unbranched alkanes of at least 4 members (excludes halogenated alkanes) is 1. The number of aliphatic carboxylic acids is 1. The molecule has 0 bridgehead atoms. The molecule has 0 aromatic heterocycles. The van der Waals surface area contributed by atoms with E-state index in [-0.39, 0.29) is 89.1 Å². The minimum absolute atomic E-state index is 0.0213. The first-order valence-electron chi connectivity index (χ1n) is 22.8. The highest BCUT2D eigenvalue weighted by molar-refractivity contribution is 5.97. The number of nitrogens with one attached hydrogen (secondary N) is 4. The van der Waals surface area contributed by atoms with Gasteiger partial charge in [0.2, 0.25) is 41.4 Å². The van der Waals surface area contributed by atoms with E-state index in [2.05, 4.69) is 31.3 Å². The molecule has 6 atom stereocenters. The average molecular weight is 925 g/mol. The molecule has 0 radical (unpaired) electrons. The van der Waals surface area contributed by atoms with Crippen LogP contribution in [0.25, 0.3) is 0 Å². The van der Waals surface area contributed by atoms with Crippen molar-refractivity contribution in [2.24, 2.45) is 38.7 Å². The molecular formula is C43H68N14O9. The van der Waals surface area contributed by atoms with Gasteiger partial charge in [0.05, 0.1) is 6.54 Å². The van der Waals surface area contributed by atoms with Crippen molar-refractivity contribution in [1.82, 2.24) is 36.0 Å². The molecule has 1 aromatic carbocycles. The second-order valence-electron chi connectivity index (χ2n) is 16.8. The highest BCUT2D eigenvalue weighted by atomic mass is 16.4. The molecule has 0 saturated carbocycles. The average Bonchev–Trinajstić information content (AvgIpc) is 4.09. The van der Waals surface area contributed by atoms with Gasteiger partial charge in [0.25, 0.3) is 0 Å². The van der Waals surface area contributed by atoms with Crippen LogP contribution in [-0.2, 0) is 44.8 Å². The summed E-state index contributed by atoms with van der Waals surface area (Å²) < 4.78 is 0. The van der Waals surface area contributed by atoms with Gasteiger partial charge < -0.3 is 69.7 Å². The van der Waals surface area contributed by atoms with Crippen LogP contribution in [0.1, 0.15) is 89.0 Å². The summed E-state index contributed by atoms with van der Waals surface area (Å²) in [6.45, 7) is 1.13. The monoisotopic (exact) mass is 925 g/mol. The number of nitrogens with two attached hydrogens (primary N) is 5. The molecule has 66 heavy (non-hydrogen) atoms. The summed E-state index contributed by atoms with van der Waals surface area (Å²) in [4.78, 5) is 120. The van der Waals surface area contributed by atoms with Crippen LogP contribution in [0.15, 0.2) is 40.3 Å². The summed E-state index contributed by atoms with van der Waals surface area (Å²) in [5.74, 6) is -5.09. The second kappa shape index (κ2) is 26.4. The lowest BCUT2D eigenvalue weighted by Gasteiger charge is -2.33. The molecule has 0 spiro atoms. The highest BCUT2D eigenvalue weighted by Gasteiger charge is 2.44. The maximum atomic E-state index is 14.1. The number of hydrogen-bond acceptors (Lipinski definition) is 11. The van der Waals surface area contributed by atoms with Crippen molar-refractivity contribution in [3.05, 3.63) is 35.9 Å². The van der Waals surface area contributed by atoms with Crippen LogP contribution in [0, 0.1) is 0 Å². The maximum Gasteiger partial charge on any atom is 0.326 e. The number of rotatable bonds is 25. The van der Waals surface area contributed by atoms with E-state index < -0.39 is 84.2 Å². The van der Waals surface area contributed by atoms with E-state index >= 15 is 0 Å². The van der Waals surface area contributed by atoms with Gasteiger partial charge >= 0.3 is 5.97 Å². The van der Waals surface area contributed by atoms with Crippen molar-refractivity contribution >= 4 is 59.2 Å². The Morgan fingerprint density at radius 2 is 1.24 bits per heavy atom. The summed E-state index contributed by atoms with van der Waals surface area (Å²) in [7, 11) is 0. The molecule has 23 nitrogen and oxygen atoms in total. The first-order valence-corrected chi connectivity index (χ1v) is 22.8. The van der Waals surface area contributed by atoms with Gasteiger partial charge in [-0.3, -0.25) is 43.5 Å². The Kier molecular flexibility index (Phi) is 20.9. The van der Waals surface area contributed by atoms with Gasteiger partial charge in [-0.15, -0.1) is 0 Å². The third-order valence-corrected chi connectivity index (χ3v) is 11.9. The van der Waals surface area contributed by atoms with Gasteiger partial charge in [0.1, 0.15) is 36.3 Å². The molecule has 364 valence electrons. The SMILES string of the molecule is NCCCCC(=O)N[C@@H](CCCN=C(N)N)C(=O)N1CCC[C@H]1C(=O)N1CCC[C@H]1C(=O)NCC(=O)N1CCC[C@H]1C(=O)N[C@@H](Cc1ccccc1)C(=O)N[C@@H](CCCN=C(N)N)C(=O)O. The zero-order valence-electron chi connectivity index (χ0n) is 37.5. The summed E-state index contributed by atoms with van der Waals surface area (Å²) in [6.07, 6.45) is 4.85. The largest absolute Gasteiger partial charge is 0.480 e. The van der Waals surface area contributed by atoms with Crippen LogP contribution in [-0.4, -0.2) is 161 Å². The van der Waals surface area contributed by atoms with E-state index in [0.717, 1.165) is 0 Å². The van der Waals surface area contributed by atoms with Gasteiger partial charge in [-0.05, 0) is 89.2 Å². The molecule has 7 amide bonds. The number of guanidine groups is 2. The normalized spacial score (nSPS) is 19.2. The quantitative estimate of drug-likeness (QED) is 0.0267. The second-order valence-corrected chi connectivity index (χ2v) is 16.8. The number of carbonyl (C=O) groups is 8. The van der Waals surface area contributed by atoms with Crippen molar-refractivity contribution in [1.29, 1.82) is 0 Å². The molecule has 4 rings (SSSR count). The number of carboxylic acid groups (broad SMARTS) is 1. The summed E-state index contributed by atoms with van der Waals surface area (Å²) >= 11 is 0. The molecule has 1 aromatic rings. The molecule has 3 aliphatic heterocycles. The van der Waals surface area contributed by atoms with Crippen molar-refractivity contribution < 1.29 is 43.5 Å². The molecular weight excluding hydrogens is 857 g/mol. The van der Waals surface area contributed by atoms with Gasteiger partial charge in [-0.25, -0.2) is 4.79 Å². The van der Waals surface area contributed by atoms with Crippen molar-refractivity contribution in [3.8, 4) is 0 Å². The lowest BCUT2D eigenvalue weighted by atomic mass is 10.0. The Morgan fingerprint density at radius 3 is 1.85 bits per heavy atom. The Labute approximate surface area is 384 Å². The van der Waals surface area contributed by atoms with Gasteiger partial charge in [0.15, 0.2) is 11.9 Å². The van der Waals surface area contributed by atoms with Crippen LogP contribution >= 0.6 is 0 Å². The fraction of sp³-hybridized carbons (Fsp3) is 0.628. The number of likely N-dealkylation sites (tertiary alicyclic amines) is 3. The molecule has 3 heterocycles. The van der Waals surface area contributed by atoms with Gasteiger partial charge in [-0.2, -0.15) is 0 Å². The molecule has 15 N–H and O–H groups in total. The maximum absolute atomic E-state index is 14.1. The number of amides is 7. The van der Waals surface area contributed by atoms with Crippen LogP contribution in [0.4, 0.5) is 0 Å². The topological polar surface area (TPSA) is 369 Å². The highest BCUT2D eigenvalue weighted by Crippen LogP contribution is 2.26. The Morgan fingerprint density at radius 1 is 0.667 bits per heavy atom. The van der Waals surface area contributed by atoms with E-state index in [0.29, 0.717) is 63.5 Å². The minimum atomic E-state index is -1.29. The van der Waals surface area contributed by atoms with Crippen molar-refractivity contribution in [3.63, 3.8) is 0 Å². The first-order chi connectivity index (χ1) is 31.6. The van der Waals surface area contributed by atoms with E-state index in [4.69, 9.17) is 28.7 Å². The van der Waals surface area contributed by atoms with Crippen molar-refractivity contribution in [2.45, 2.75) is 126 Å². The molecule has 23 heteroatoms. The Balaban J connectivity index is 1.37. The molecule has 0 unspecified atom stereocenters.